The first-order valence-electron chi connectivity index (χ1n) is 11.0. The van der Waals surface area contributed by atoms with Crippen molar-refractivity contribution < 1.29 is 9.52 Å². The van der Waals surface area contributed by atoms with Gasteiger partial charge in [-0.1, -0.05) is 0 Å². The van der Waals surface area contributed by atoms with Gasteiger partial charge in [-0.25, -0.2) is 15.0 Å². The maximum Gasteiger partial charge on any atom is 0.225 e. The van der Waals surface area contributed by atoms with E-state index in [1.165, 1.54) is 0 Å². The molecule has 3 N–H and O–H groups in total. The molecular formula is C22H36IN7O2. The van der Waals surface area contributed by atoms with Gasteiger partial charge < -0.3 is 25.1 Å². The first-order valence-corrected chi connectivity index (χ1v) is 11.0. The van der Waals surface area contributed by atoms with Gasteiger partial charge in [-0.2, -0.15) is 0 Å². The van der Waals surface area contributed by atoms with Crippen molar-refractivity contribution in [2.24, 2.45) is 4.99 Å². The number of furan rings is 1. The van der Waals surface area contributed by atoms with Crippen LogP contribution in [-0.2, 0) is 5.60 Å². The van der Waals surface area contributed by atoms with Crippen LogP contribution in [0.15, 0.2) is 40.0 Å². The van der Waals surface area contributed by atoms with Gasteiger partial charge in [0, 0.05) is 51.7 Å². The number of rotatable bonds is 9. The normalized spacial score (nSPS) is 16.9. The molecular weight excluding hydrogens is 521 g/mol. The third-order valence-corrected chi connectivity index (χ3v) is 5.31. The minimum atomic E-state index is -1.14. The Morgan fingerprint density at radius 2 is 1.91 bits per heavy atom. The topological polar surface area (TPSA) is 102 Å². The summed E-state index contributed by atoms with van der Waals surface area (Å²) in [6.45, 7) is 12.4. The number of anilines is 1. The molecule has 9 nitrogen and oxygen atoms in total. The zero-order valence-corrected chi connectivity index (χ0v) is 21.6. The number of nitrogens with zero attached hydrogens (tertiary/aromatic N) is 5. The molecule has 2 aromatic rings. The van der Waals surface area contributed by atoms with E-state index in [0.717, 1.165) is 63.9 Å². The highest BCUT2D eigenvalue weighted by Crippen LogP contribution is 2.23. The van der Waals surface area contributed by atoms with E-state index in [0.29, 0.717) is 11.7 Å². The summed E-state index contributed by atoms with van der Waals surface area (Å²) in [7, 11) is 0. The van der Waals surface area contributed by atoms with Crippen molar-refractivity contribution in [3.63, 3.8) is 0 Å². The summed E-state index contributed by atoms with van der Waals surface area (Å²) in [5.41, 5.74) is -1.14. The monoisotopic (exact) mass is 557 g/mol. The lowest BCUT2D eigenvalue weighted by molar-refractivity contribution is 0.0428. The molecule has 1 unspecified atom stereocenters. The number of aromatic nitrogens is 2. The van der Waals surface area contributed by atoms with Crippen LogP contribution in [0.2, 0.25) is 0 Å². The fraction of sp³-hybridized carbons (Fsp3) is 0.591. The number of guanidine groups is 1. The molecule has 1 saturated heterocycles. The first kappa shape index (κ1) is 26.3. The molecule has 2 aromatic heterocycles. The lowest BCUT2D eigenvalue weighted by Gasteiger charge is -2.34. The van der Waals surface area contributed by atoms with Crippen LogP contribution in [0.4, 0.5) is 5.95 Å². The minimum absolute atomic E-state index is 0. The van der Waals surface area contributed by atoms with Crippen molar-refractivity contribution in [2.75, 3.05) is 57.3 Å². The van der Waals surface area contributed by atoms with Crippen LogP contribution in [0.3, 0.4) is 0 Å². The molecule has 178 valence electrons. The Labute approximate surface area is 207 Å². The lowest BCUT2D eigenvalue weighted by Crippen LogP contribution is -2.47. The van der Waals surface area contributed by atoms with Crippen LogP contribution in [0, 0.1) is 6.92 Å². The molecule has 1 fully saturated rings. The van der Waals surface area contributed by atoms with Gasteiger partial charge in [0.2, 0.25) is 5.95 Å². The summed E-state index contributed by atoms with van der Waals surface area (Å²) in [5, 5.41) is 17.3. The van der Waals surface area contributed by atoms with E-state index >= 15 is 0 Å². The van der Waals surface area contributed by atoms with Crippen LogP contribution < -0.4 is 15.5 Å². The molecule has 3 rings (SSSR count). The largest absolute Gasteiger partial charge is 0.463 e. The maximum atomic E-state index is 10.7. The quantitative estimate of drug-likeness (QED) is 0.186. The number of halogens is 1. The van der Waals surface area contributed by atoms with Crippen LogP contribution >= 0.6 is 24.0 Å². The molecule has 10 heteroatoms. The summed E-state index contributed by atoms with van der Waals surface area (Å²) in [6, 6.07) is 5.50. The number of aliphatic imine (C=N–C) groups is 1. The number of aliphatic hydroxyl groups is 1. The van der Waals surface area contributed by atoms with E-state index in [2.05, 4.69) is 35.4 Å². The second kappa shape index (κ2) is 12.9. The Hall–Kier alpha value is -1.92. The average molecular weight is 557 g/mol. The number of piperazine rings is 1. The summed E-state index contributed by atoms with van der Waals surface area (Å²) >= 11 is 0. The second-order valence-corrected chi connectivity index (χ2v) is 8.04. The highest BCUT2D eigenvalue weighted by molar-refractivity contribution is 14.0. The average Bonchev–Trinajstić information content (AvgIpc) is 3.23. The number of hydrogen-bond donors (Lipinski definition) is 3. The summed E-state index contributed by atoms with van der Waals surface area (Å²) in [5.74, 6) is 2.83. The van der Waals surface area contributed by atoms with Gasteiger partial charge >= 0.3 is 0 Å². The fourth-order valence-corrected chi connectivity index (χ4v) is 3.51. The molecule has 0 radical (unpaired) electrons. The molecule has 3 heterocycles. The standard InChI is InChI=1S/C22H35N7O2.HI/c1-4-23-20(27-17-22(3,30)19-8-7-18(2)31-19)24-11-6-12-28-13-15-29(16-14-28)21-25-9-5-10-26-21;/h5,7-10,30H,4,6,11-17H2,1-3H3,(H2,23,24,27);1H. The SMILES string of the molecule is CCNC(=NCC(C)(O)c1ccc(C)o1)NCCCN1CCN(c2ncccn2)CC1.I. The van der Waals surface area contributed by atoms with Crippen molar-refractivity contribution in [3.8, 4) is 0 Å². The Morgan fingerprint density at radius 1 is 1.19 bits per heavy atom. The molecule has 0 saturated carbocycles. The van der Waals surface area contributed by atoms with E-state index in [4.69, 9.17) is 4.42 Å². The molecule has 1 atom stereocenters. The summed E-state index contributed by atoms with van der Waals surface area (Å²) < 4.78 is 5.57. The summed E-state index contributed by atoms with van der Waals surface area (Å²) in [6.07, 6.45) is 4.60. The van der Waals surface area contributed by atoms with Gasteiger partial charge in [0.25, 0.3) is 0 Å². The predicted molar refractivity (Wildman–Crippen MR) is 138 cm³/mol. The second-order valence-electron chi connectivity index (χ2n) is 8.04. The van der Waals surface area contributed by atoms with E-state index in [1.807, 2.05) is 26.0 Å². The molecule has 1 aliphatic heterocycles. The van der Waals surface area contributed by atoms with Crippen LogP contribution in [0.25, 0.3) is 0 Å². The predicted octanol–water partition coefficient (Wildman–Crippen LogP) is 1.97. The van der Waals surface area contributed by atoms with Crippen LogP contribution in [0.5, 0.6) is 0 Å². The van der Waals surface area contributed by atoms with Crippen molar-refractivity contribution in [1.82, 2.24) is 25.5 Å². The van der Waals surface area contributed by atoms with E-state index in [9.17, 15) is 5.11 Å². The zero-order chi connectivity index (χ0) is 22.1. The van der Waals surface area contributed by atoms with Gasteiger partial charge in [0.05, 0.1) is 6.54 Å². The molecule has 0 bridgehead atoms. The molecule has 32 heavy (non-hydrogen) atoms. The molecule has 0 aromatic carbocycles. The van der Waals surface area contributed by atoms with Gasteiger partial charge in [0.1, 0.15) is 17.1 Å². The molecule has 1 aliphatic rings. The highest BCUT2D eigenvalue weighted by atomic mass is 127. The van der Waals surface area contributed by atoms with Crippen molar-refractivity contribution in [2.45, 2.75) is 32.8 Å². The minimum Gasteiger partial charge on any atom is -0.463 e. The lowest BCUT2D eigenvalue weighted by atomic mass is 10.0. The first-order chi connectivity index (χ1) is 15.0. The van der Waals surface area contributed by atoms with Gasteiger partial charge in [-0.15, -0.1) is 24.0 Å². The fourth-order valence-electron chi connectivity index (χ4n) is 3.51. The maximum absolute atomic E-state index is 10.7. The molecule has 0 aliphatic carbocycles. The van der Waals surface area contributed by atoms with Crippen LogP contribution in [-0.4, -0.2) is 78.3 Å². The Kier molecular flexibility index (Phi) is 10.7. The zero-order valence-electron chi connectivity index (χ0n) is 19.3. The Bertz CT molecular complexity index is 821. The number of nitrogens with one attached hydrogen (secondary N) is 2. The van der Waals surface area contributed by atoms with E-state index in [1.54, 1.807) is 25.4 Å². The number of aryl methyl sites for hydroxylation is 1. The van der Waals surface area contributed by atoms with Crippen molar-refractivity contribution in [3.05, 3.63) is 42.1 Å². The molecule has 0 spiro atoms. The smallest absolute Gasteiger partial charge is 0.225 e. The van der Waals surface area contributed by atoms with Crippen molar-refractivity contribution >= 4 is 35.9 Å². The number of hydrogen-bond acceptors (Lipinski definition) is 7. The van der Waals surface area contributed by atoms with Crippen LogP contribution in [0.1, 0.15) is 31.8 Å². The Balaban J connectivity index is 0.00000363. The van der Waals surface area contributed by atoms with Gasteiger partial charge in [-0.3, -0.25) is 4.90 Å². The third kappa shape index (κ3) is 7.89. The van der Waals surface area contributed by atoms with E-state index in [-0.39, 0.29) is 30.5 Å². The third-order valence-electron chi connectivity index (χ3n) is 5.31. The Morgan fingerprint density at radius 3 is 2.53 bits per heavy atom. The summed E-state index contributed by atoms with van der Waals surface area (Å²) in [4.78, 5) is 17.9. The van der Waals surface area contributed by atoms with Gasteiger partial charge in [-0.05, 0) is 51.9 Å². The van der Waals surface area contributed by atoms with Crippen molar-refractivity contribution in [1.29, 1.82) is 0 Å². The van der Waals surface area contributed by atoms with E-state index < -0.39 is 5.60 Å². The molecule has 0 amide bonds. The highest BCUT2D eigenvalue weighted by Gasteiger charge is 2.26. The van der Waals surface area contributed by atoms with Gasteiger partial charge in [0.15, 0.2) is 5.96 Å².